The number of nitrogens with one attached hydrogen (secondary N) is 1. The van der Waals surface area contributed by atoms with Crippen molar-refractivity contribution >= 4 is 17.5 Å². The lowest BCUT2D eigenvalue weighted by Crippen LogP contribution is -2.37. The molecule has 5 nitrogen and oxygen atoms in total. The summed E-state index contributed by atoms with van der Waals surface area (Å²) in [4.78, 5) is 29.0. The highest BCUT2D eigenvalue weighted by atomic mass is 16.2. The molecule has 4 atom stereocenters. The lowest BCUT2D eigenvalue weighted by Gasteiger charge is -2.27. The number of hydrogen-bond donors (Lipinski definition) is 1. The zero-order valence-electron chi connectivity index (χ0n) is 17.4. The molecule has 28 heavy (non-hydrogen) atoms. The Morgan fingerprint density at radius 1 is 0.929 bits per heavy atom. The molecule has 152 valence electrons. The highest BCUT2D eigenvalue weighted by molar-refractivity contribution is 5.94. The Morgan fingerprint density at radius 2 is 1.50 bits per heavy atom. The molecule has 1 aromatic carbocycles. The predicted molar refractivity (Wildman–Crippen MR) is 111 cm³/mol. The van der Waals surface area contributed by atoms with E-state index in [-0.39, 0.29) is 17.7 Å². The summed E-state index contributed by atoms with van der Waals surface area (Å²) < 4.78 is 0. The highest BCUT2D eigenvalue weighted by Crippen LogP contribution is 2.46. The largest absolute Gasteiger partial charge is 0.342 e. The average Bonchev–Trinajstić information content (AvgIpc) is 3.32. The van der Waals surface area contributed by atoms with Crippen molar-refractivity contribution < 1.29 is 9.59 Å². The first-order valence-electron chi connectivity index (χ1n) is 10.7. The van der Waals surface area contributed by atoms with Crippen LogP contribution in [0.5, 0.6) is 0 Å². The van der Waals surface area contributed by atoms with Gasteiger partial charge in [-0.25, -0.2) is 0 Å². The van der Waals surface area contributed by atoms with Crippen LogP contribution in [0.15, 0.2) is 24.3 Å². The van der Waals surface area contributed by atoms with E-state index in [0.717, 1.165) is 54.8 Å². The predicted octanol–water partition coefficient (Wildman–Crippen LogP) is 3.15. The van der Waals surface area contributed by atoms with E-state index in [0.29, 0.717) is 12.5 Å². The molecule has 0 radical (unpaired) electrons. The fourth-order valence-electron chi connectivity index (χ4n) is 5.09. The summed E-state index contributed by atoms with van der Waals surface area (Å²) in [6.07, 6.45) is 7.31. The second kappa shape index (κ2) is 7.86. The summed E-state index contributed by atoms with van der Waals surface area (Å²) >= 11 is 0. The maximum Gasteiger partial charge on any atom is 0.227 e. The van der Waals surface area contributed by atoms with Crippen molar-refractivity contribution in [2.45, 2.75) is 57.0 Å². The maximum absolute atomic E-state index is 12.8. The van der Waals surface area contributed by atoms with Crippen LogP contribution in [0, 0.1) is 17.8 Å². The second-order valence-corrected chi connectivity index (χ2v) is 9.38. The summed E-state index contributed by atoms with van der Waals surface area (Å²) in [5.74, 6) is 2.08. The number of carbonyl (C=O) groups is 2. The van der Waals surface area contributed by atoms with E-state index in [1.54, 1.807) is 0 Å². The van der Waals surface area contributed by atoms with Gasteiger partial charge in [0.25, 0.3) is 0 Å². The van der Waals surface area contributed by atoms with Crippen LogP contribution in [0.25, 0.3) is 0 Å². The van der Waals surface area contributed by atoms with Gasteiger partial charge in [0.05, 0.1) is 6.42 Å². The molecule has 5 heteroatoms. The molecule has 3 aliphatic carbocycles. The van der Waals surface area contributed by atoms with Crippen molar-refractivity contribution in [3.05, 3.63) is 29.8 Å². The molecule has 1 N–H and O–H groups in total. The number of likely N-dealkylation sites (N-methyl/N-ethyl adjacent to an activating group) is 1. The van der Waals surface area contributed by atoms with Gasteiger partial charge in [-0.1, -0.05) is 12.1 Å². The Labute approximate surface area is 168 Å². The van der Waals surface area contributed by atoms with Crippen LogP contribution in [0.2, 0.25) is 0 Å². The molecule has 4 rings (SSSR count). The van der Waals surface area contributed by atoms with Crippen molar-refractivity contribution in [1.29, 1.82) is 0 Å². The van der Waals surface area contributed by atoms with Gasteiger partial charge < -0.3 is 15.1 Å². The van der Waals surface area contributed by atoms with Crippen molar-refractivity contribution in [3.8, 4) is 0 Å². The van der Waals surface area contributed by atoms with Crippen LogP contribution < -0.4 is 5.32 Å². The average molecular weight is 384 g/mol. The van der Waals surface area contributed by atoms with Crippen LogP contribution >= 0.6 is 0 Å². The van der Waals surface area contributed by atoms with E-state index in [2.05, 4.69) is 24.3 Å². The highest BCUT2D eigenvalue weighted by Gasteiger charge is 2.43. The van der Waals surface area contributed by atoms with Crippen LogP contribution in [0.1, 0.15) is 44.1 Å². The topological polar surface area (TPSA) is 52.6 Å². The van der Waals surface area contributed by atoms with E-state index < -0.39 is 0 Å². The van der Waals surface area contributed by atoms with Crippen molar-refractivity contribution in [3.63, 3.8) is 0 Å². The van der Waals surface area contributed by atoms with Gasteiger partial charge in [-0.05, 0) is 82.2 Å². The number of rotatable bonds is 6. The van der Waals surface area contributed by atoms with Crippen molar-refractivity contribution in [2.24, 2.45) is 17.8 Å². The molecular weight excluding hydrogens is 350 g/mol. The summed E-state index contributed by atoms with van der Waals surface area (Å²) in [6.45, 7) is 0. The molecule has 3 aliphatic rings. The summed E-state index contributed by atoms with van der Waals surface area (Å²) in [6, 6.07) is 8.84. The molecule has 0 aromatic heterocycles. The van der Waals surface area contributed by atoms with Crippen LogP contribution in [0.3, 0.4) is 0 Å². The number of amides is 2. The normalized spacial score (nSPS) is 29.0. The summed E-state index contributed by atoms with van der Waals surface area (Å²) in [5, 5.41) is 2.95. The number of nitrogens with zero attached hydrogens (tertiary/aromatic N) is 2. The molecule has 3 saturated carbocycles. The molecule has 0 spiro atoms. The van der Waals surface area contributed by atoms with E-state index in [4.69, 9.17) is 0 Å². The molecule has 0 aliphatic heterocycles. The molecular formula is C23H33N3O2. The number of fused-ring (bicyclic) bond motifs is 1. The SMILES string of the molecule is CN(C)C1C[C@@H]2CC(N(C)C(=O)Cc3ccc(NC(=O)C4CC4)cc3)C[C@@H]2C1. The van der Waals surface area contributed by atoms with Gasteiger partial charge in [0.2, 0.25) is 11.8 Å². The third kappa shape index (κ3) is 4.24. The van der Waals surface area contributed by atoms with Gasteiger partial charge >= 0.3 is 0 Å². The van der Waals surface area contributed by atoms with E-state index in [1.807, 2.05) is 36.2 Å². The minimum absolute atomic E-state index is 0.117. The standard InChI is InChI=1S/C23H33N3O2/c1-25(2)20-11-17-13-21(14-18(17)12-20)26(3)22(27)10-15-4-8-19(9-5-15)24-23(28)16-6-7-16/h4-5,8-9,16-18,20-21H,6-7,10-14H2,1-3H3,(H,24,28)/t17-,18+,20?,21?. The van der Waals surface area contributed by atoms with Crippen LogP contribution in [-0.2, 0) is 16.0 Å². The van der Waals surface area contributed by atoms with Crippen molar-refractivity contribution in [2.75, 3.05) is 26.5 Å². The third-order valence-electron chi connectivity index (χ3n) is 7.16. The molecule has 0 bridgehead atoms. The molecule has 2 amide bonds. The fraction of sp³-hybridized carbons (Fsp3) is 0.652. The Bertz CT molecular complexity index is 712. The van der Waals surface area contributed by atoms with Gasteiger partial charge in [0.1, 0.15) is 0 Å². The van der Waals surface area contributed by atoms with Gasteiger partial charge in [0.15, 0.2) is 0 Å². The fourth-order valence-corrected chi connectivity index (χ4v) is 5.09. The van der Waals surface area contributed by atoms with Gasteiger partial charge in [-0.2, -0.15) is 0 Å². The number of hydrogen-bond acceptors (Lipinski definition) is 3. The third-order valence-corrected chi connectivity index (χ3v) is 7.16. The monoisotopic (exact) mass is 383 g/mol. The first-order chi connectivity index (χ1) is 13.4. The molecule has 2 unspecified atom stereocenters. The Kier molecular flexibility index (Phi) is 5.46. The maximum atomic E-state index is 12.8. The Hall–Kier alpha value is -1.88. The van der Waals surface area contributed by atoms with Gasteiger partial charge in [0, 0.05) is 30.7 Å². The number of benzene rings is 1. The first kappa shape index (κ1) is 19.4. The van der Waals surface area contributed by atoms with E-state index in [9.17, 15) is 9.59 Å². The van der Waals surface area contributed by atoms with Crippen LogP contribution in [0.4, 0.5) is 5.69 Å². The van der Waals surface area contributed by atoms with E-state index in [1.165, 1.54) is 12.8 Å². The Balaban J connectivity index is 1.27. The zero-order chi connectivity index (χ0) is 19.8. The zero-order valence-corrected chi connectivity index (χ0v) is 17.4. The number of anilines is 1. The lowest BCUT2D eigenvalue weighted by molar-refractivity contribution is -0.131. The van der Waals surface area contributed by atoms with E-state index >= 15 is 0 Å². The van der Waals surface area contributed by atoms with Crippen molar-refractivity contribution in [1.82, 2.24) is 9.80 Å². The van der Waals surface area contributed by atoms with Gasteiger partial charge in [-0.15, -0.1) is 0 Å². The molecule has 1 aromatic rings. The second-order valence-electron chi connectivity index (χ2n) is 9.38. The molecule has 3 fully saturated rings. The van der Waals surface area contributed by atoms with Gasteiger partial charge in [-0.3, -0.25) is 9.59 Å². The lowest BCUT2D eigenvalue weighted by atomic mass is 10.0. The minimum Gasteiger partial charge on any atom is -0.342 e. The first-order valence-corrected chi connectivity index (χ1v) is 10.7. The van der Waals surface area contributed by atoms with Crippen LogP contribution in [-0.4, -0.2) is 54.8 Å². The quantitative estimate of drug-likeness (QED) is 0.821. The molecule has 0 saturated heterocycles. The summed E-state index contributed by atoms with van der Waals surface area (Å²) in [5.41, 5.74) is 1.83. The Morgan fingerprint density at radius 3 is 2.04 bits per heavy atom. The summed E-state index contributed by atoms with van der Waals surface area (Å²) in [7, 11) is 6.34. The number of carbonyl (C=O) groups excluding carboxylic acids is 2. The molecule has 0 heterocycles. The minimum atomic E-state index is 0.117. The smallest absolute Gasteiger partial charge is 0.227 e.